The lowest BCUT2D eigenvalue weighted by Gasteiger charge is -2.13. The van der Waals surface area contributed by atoms with E-state index in [1.165, 1.54) is 6.21 Å². The minimum atomic E-state index is -0.483. The molecular weight excluding hydrogens is 369 g/mol. The zero-order valence-corrected chi connectivity index (χ0v) is 17.5. The van der Waals surface area contributed by atoms with Crippen LogP contribution >= 0.6 is 0 Å². The first-order chi connectivity index (χ1) is 14.0. The highest BCUT2D eigenvalue weighted by molar-refractivity contribution is 6.09. The normalized spacial score (nSPS) is 14.1. The van der Waals surface area contributed by atoms with Crippen molar-refractivity contribution in [2.24, 2.45) is 4.99 Å². The number of ether oxygens (including phenoxy) is 1. The Morgan fingerprint density at radius 2 is 2.17 bits per heavy atom. The summed E-state index contributed by atoms with van der Waals surface area (Å²) in [7, 11) is 1.62. The summed E-state index contributed by atoms with van der Waals surface area (Å²) in [4.78, 5) is 15.9. The maximum absolute atomic E-state index is 13.1. The third-order valence-corrected chi connectivity index (χ3v) is 4.99. The van der Waals surface area contributed by atoms with Crippen molar-refractivity contribution in [3.63, 3.8) is 0 Å². The molecule has 2 atom stereocenters. The van der Waals surface area contributed by atoms with Crippen molar-refractivity contribution < 1.29 is 13.9 Å². The summed E-state index contributed by atoms with van der Waals surface area (Å²) < 4.78 is 20.0. The lowest BCUT2D eigenvalue weighted by molar-refractivity contribution is -0.137. The van der Waals surface area contributed by atoms with Crippen LogP contribution in [-0.2, 0) is 9.53 Å². The second-order valence-electron chi connectivity index (χ2n) is 7.09. The third kappa shape index (κ3) is 5.32. The summed E-state index contributed by atoms with van der Waals surface area (Å²) in [5, 5.41) is 10.3. The van der Waals surface area contributed by atoms with Gasteiger partial charge in [-0.3, -0.25) is 4.99 Å². The number of nitriles is 1. The number of rotatable bonds is 9. The van der Waals surface area contributed by atoms with E-state index in [1.54, 1.807) is 27.1 Å². The van der Waals surface area contributed by atoms with Gasteiger partial charge in [0.05, 0.1) is 23.8 Å². The molecule has 6 heteroatoms. The molecule has 0 radical (unpaired) electrons. The summed E-state index contributed by atoms with van der Waals surface area (Å²) in [6.07, 6.45) is 6.62. The van der Waals surface area contributed by atoms with Crippen LogP contribution in [-0.4, -0.2) is 37.1 Å². The van der Waals surface area contributed by atoms with E-state index >= 15 is 0 Å². The first kappa shape index (κ1) is 22.4. The number of halogens is 1. The molecule has 0 fully saturated rings. The van der Waals surface area contributed by atoms with E-state index in [1.807, 2.05) is 28.8 Å². The van der Waals surface area contributed by atoms with E-state index in [9.17, 15) is 14.4 Å². The minimum Gasteiger partial charge on any atom is -0.462 e. The van der Waals surface area contributed by atoms with Gasteiger partial charge in [-0.05, 0) is 50.3 Å². The third-order valence-electron chi connectivity index (χ3n) is 4.99. The van der Waals surface area contributed by atoms with Crippen LogP contribution in [0.15, 0.2) is 41.0 Å². The number of carbonyl (C=O) groups is 1. The maximum Gasteiger partial charge on any atom is 0.339 e. The largest absolute Gasteiger partial charge is 0.462 e. The van der Waals surface area contributed by atoms with E-state index in [-0.39, 0.29) is 17.9 Å². The van der Waals surface area contributed by atoms with Gasteiger partial charge in [-0.2, -0.15) is 5.26 Å². The van der Waals surface area contributed by atoms with Gasteiger partial charge in [-0.15, -0.1) is 0 Å². The number of alkyl halides is 1. The van der Waals surface area contributed by atoms with E-state index in [4.69, 9.17) is 4.74 Å². The number of allylic oxidation sites excluding steroid dienone is 1. The number of nitrogens with zero attached hydrogens (tertiary/aromatic N) is 3. The Morgan fingerprint density at radius 1 is 1.41 bits per heavy atom. The second-order valence-corrected chi connectivity index (χ2v) is 7.09. The highest BCUT2D eigenvalue weighted by Crippen LogP contribution is 2.30. The molecular formula is C23H28FN3O2. The van der Waals surface area contributed by atoms with Crippen LogP contribution in [0.2, 0.25) is 0 Å². The number of hydrogen-bond donors (Lipinski definition) is 0. The lowest BCUT2D eigenvalue weighted by atomic mass is 9.94. The van der Waals surface area contributed by atoms with Crippen LogP contribution in [0.25, 0.3) is 10.9 Å². The van der Waals surface area contributed by atoms with Crippen molar-refractivity contribution >= 4 is 23.1 Å². The smallest absolute Gasteiger partial charge is 0.339 e. The first-order valence-corrected chi connectivity index (χ1v) is 9.86. The molecule has 0 amide bonds. The number of carbonyl (C=O) groups excluding carboxylic acids is 1. The molecule has 0 bridgehead atoms. The van der Waals surface area contributed by atoms with Gasteiger partial charge in [0.2, 0.25) is 0 Å². The van der Waals surface area contributed by atoms with Gasteiger partial charge in [0.15, 0.2) is 0 Å². The van der Waals surface area contributed by atoms with Gasteiger partial charge in [0.25, 0.3) is 0 Å². The molecule has 0 aliphatic rings. The molecule has 5 nitrogen and oxygen atoms in total. The number of fused-ring (bicyclic) bond motifs is 1. The van der Waals surface area contributed by atoms with Crippen LogP contribution < -0.4 is 0 Å². The highest BCUT2D eigenvalue weighted by atomic mass is 19.1. The molecule has 0 aliphatic heterocycles. The molecule has 0 saturated heterocycles. The lowest BCUT2D eigenvalue weighted by Crippen LogP contribution is -2.09. The van der Waals surface area contributed by atoms with Gasteiger partial charge in [-0.1, -0.05) is 19.1 Å². The summed E-state index contributed by atoms with van der Waals surface area (Å²) in [5.74, 6) is -0.139. The summed E-state index contributed by atoms with van der Waals surface area (Å²) >= 11 is 0. The van der Waals surface area contributed by atoms with Gasteiger partial charge in [-0.25, -0.2) is 9.18 Å². The SMILES string of the molecule is CCOC(=O)/C(C=NC)=C/CCC(C)c1ccc2c(c1)c(C#N)cn2C(C)CF. The average molecular weight is 397 g/mol. The monoisotopic (exact) mass is 397 g/mol. The minimum absolute atomic E-state index is 0.228. The predicted molar refractivity (Wildman–Crippen MR) is 114 cm³/mol. The molecule has 2 rings (SSSR count). The first-order valence-electron chi connectivity index (χ1n) is 9.86. The zero-order chi connectivity index (χ0) is 21.4. The van der Waals surface area contributed by atoms with E-state index in [0.717, 1.165) is 22.9 Å². The van der Waals surface area contributed by atoms with Crippen molar-refractivity contribution in [2.45, 2.75) is 45.6 Å². The molecule has 2 unspecified atom stereocenters. The van der Waals surface area contributed by atoms with Crippen LogP contribution in [0.5, 0.6) is 0 Å². The number of benzene rings is 1. The molecule has 1 aromatic heterocycles. The van der Waals surface area contributed by atoms with Crippen molar-refractivity contribution in [1.29, 1.82) is 5.26 Å². The van der Waals surface area contributed by atoms with Crippen molar-refractivity contribution in [2.75, 3.05) is 20.3 Å². The Labute approximate surface area is 171 Å². The van der Waals surface area contributed by atoms with Gasteiger partial charge < -0.3 is 9.30 Å². The van der Waals surface area contributed by atoms with Crippen LogP contribution in [0.4, 0.5) is 4.39 Å². The molecule has 0 saturated carbocycles. The van der Waals surface area contributed by atoms with E-state index in [0.29, 0.717) is 24.2 Å². The van der Waals surface area contributed by atoms with Gasteiger partial charge >= 0.3 is 5.97 Å². The molecule has 0 aliphatic carbocycles. The Hall–Kier alpha value is -2.94. The molecule has 1 heterocycles. The predicted octanol–water partition coefficient (Wildman–Crippen LogP) is 5.12. The highest BCUT2D eigenvalue weighted by Gasteiger charge is 2.15. The van der Waals surface area contributed by atoms with Crippen molar-refractivity contribution in [1.82, 2.24) is 4.57 Å². The fourth-order valence-corrected chi connectivity index (χ4v) is 3.31. The van der Waals surface area contributed by atoms with E-state index in [2.05, 4.69) is 18.0 Å². The summed E-state index contributed by atoms with van der Waals surface area (Å²) in [6.45, 7) is 5.52. The summed E-state index contributed by atoms with van der Waals surface area (Å²) in [5.41, 5.74) is 2.99. The number of aliphatic imine (C=N–C) groups is 1. The van der Waals surface area contributed by atoms with E-state index < -0.39 is 6.67 Å². The van der Waals surface area contributed by atoms with Gasteiger partial charge in [0, 0.05) is 30.4 Å². The zero-order valence-electron chi connectivity index (χ0n) is 17.5. The second kappa shape index (κ2) is 10.6. The molecule has 0 N–H and O–H groups in total. The van der Waals surface area contributed by atoms with Crippen LogP contribution in [0.1, 0.15) is 56.7 Å². The number of esters is 1. The molecule has 1 aromatic carbocycles. The molecule has 29 heavy (non-hydrogen) atoms. The topological polar surface area (TPSA) is 67.4 Å². The Morgan fingerprint density at radius 3 is 2.79 bits per heavy atom. The Kier molecular flexibility index (Phi) is 8.14. The Balaban J connectivity index is 2.21. The summed E-state index contributed by atoms with van der Waals surface area (Å²) in [6, 6.07) is 7.90. The maximum atomic E-state index is 13.1. The quantitative estimate of drug-likeness (QED) is 0.335. The standard InChI is InChI=1S/C23H28FN3O2/c1-5-29-23(28)19(14-26-4)8-6-7-16(2)18-9-10-22-21(11-18)20(13-25)15-27(22)17(3)12-24/h8-11,14-17H,5-7,12H2,1-4H3/b19-8+,26-14?. The Bertz CT molecular complexity index is 953. The van der Waals surface area contributed by atoms with Crippen LogP contribution in [0.3, 0.4) is 0 Å². The van der Waals surface area contributed by atoms with Gasteiger partial charge in [0.1, 0.15) is 12.7 Å². The number of hydrogen-bond acceptors (Lipinski definition) is 4. The van der Waals surface area contributed by atoms with Crippen LogP contribution in [0, 0.1) is 11.3 Å². The van der Waals surface area contributed by atoms with Crippen molar-refractivity contribution in [3.8, 4) is 6.07 Å². The molecule has 2 aromatic rings. The van der Waals surface area contributed by atoms with Crippen molar-refractivity contribution in [3.05, 3.63) is 47.2 Å². The molecule has 0 spiro atoms. The number of aromatic nitrogens is 1. The average Bonchev–Trinajstić information content (AvgIpc) is 3.10. The molecule has 154 valence electrons. The fourth-order valence-electron chi connectivity index (χ4n) is 3.31. The fraction of sp³-hybridized carbons (Fsp3) is 0.435.